The molecule has 0 spiro atoms. The third kappa shape index (κ3) is 3.69. The highest BCUT2D eigenvalue weighted by atomic mass is 16.2. The van der Waals surface area contributed by atoms with Crippen molar-refractivity contribution in [3.05, 3.63) is 35.9 Å². The number of pyridine rings is 1. The van der Waals surface area contributed by atoms with Crippen molar-refractivity contribution in [2.75, 3.05) is 31.1 Å². The number of para-hydroxylation sites is 1. The van der Waals surface area contributed by atoms with Crippen LogP contribution in [0.25, 0.3) is 10.9 Å². The zero-order chi connectivity index (χ0) is 17.3. The Labute approximate surface area is 144 Å². The van der Waals surface area contributed by atoms with Crippen LogP contribution in [0.3, 0.4) is 0 Å². The smallest absolute Gasteiger partial charge is 0.223 e. The fraction of sp³-hybridized carbons (Fsp3) is 0.500. The van der Waals surface area contributed by atoms with E-state index < -0.39 is 0 Å². The highest BCUT2D eigenvalue weighted by Gasteiger charge is 2.25. The summed E-state index contributed by atoms with van der Waals surface area (Å²) in [7, 11) is 0. The van der Waals surface area contributed by atoms with E-state index in [2.05, 4.69) is 50.8 Å². The molecule has 2 aromatic rings. The molecule has 0 saturated carbocycles. The number of anilines is 1. The number of hydrogen-bond donors (Lipinski definition) is 0. The highest BCUT2D eigenvalue weighted by Crippen LogP contribution is 2.25. The summed E-state index contributed by atoms with van der Waals surface area (Å²) in [6, 6.07) is 10.4. The van der Waals surface area contributed by atoms with Gasteiger partial charge in [0.25, 0.3) is 0 Å². The summed E-state index contributed by atoms with van der Waals surface area (Å²) in [4.78, 5) is 21.5. The molecule has 2 heterocycles. The number of benzene rings is 1. The number of carbonyl (C=O) groups excluding carboxylic acids is 1. The van der Waals surface area contributed by atoms with E-state index in [1.807, 2.05) is 17.0 Å². The molecular weight excluding hydrogens is 298 g/mol. The number of aromatic nitrogens is 1. The fourth-order valence-electron chi connectivity index (χ4n) is 3.26. The summed E-state index contributed by atoms with van der Waals surface area (Å²) in [5.74, 6) is 1.32. The van der Waals surface area contributed by atoms with Gasteiger partial charge < -0.3 is 9.80 Å². The van der Waals surface area contributed by atoms with Crippen LogP contribution < -0.4 is 4.90 Å². The summed E-state index contributed by atoms with van der Waals surface area (Å²) in [5.41, 5.74) is 2.28. The van der Waals surface area contributed by atoms with Gasteiger partial charge in [-0.05, 0) is 30.0 Å². The minimum Gasteiger partial charge on any atom is -0.353 e. The molecular formula is C20H27N3O. The van der Waals surface area contributed by atoms with E-state index in [4.69, 9.17) is 4.98 Å². The summed E-state index contributed by atoms with van der Waals surface area (Å²) in [5, 5.41) is 1.18. The number of fused-ring (bicyclic) bond motifs is 1. The van der Waals surface area contributed by atoms with Gasteiger partial charge in [0.1, 0.15) is 5.82 Å². The van der Waals surface area contributed by atoms with Crippen molar-refractivity contribution >= 4 is 22.6 Å². The Morgan fingerprint density at radius 1 is 1.12 bits per heavy atom. The average molecular weight is 325 g/mol. The highest BCUT2D eigenvalue weighted by molar-refractivity contribution is 5.82. The first-order valence-electron chi connectivity index (χ1n) is 8.73. The van der Waals surface area contributed by atoms with E-state index in [0.29, 0.717) is 6.42 Å². The second-order valence-electron chi connectivity index (χ2n) is 7.93. The SMILES string of the molecule is Cc1cc2ccccc2nc1N1CCN(C(=O)CC(C)(C)C)CC1. The van der Waals surface area contributed by atoms with E-state index in [1.54, 1.807) is 0 Å². The molecule has 1 fully saturated rings. The molecule has 1 aliphatic heterocycles. The second-order valence-corrected chi connectivity index (χ2v) is 7.93. The molecule has 0 atom stereocenters. The summed E-state index contributed by atoms with van der Waals surface area (Å²) >= 11 is 0. The van der Waals surface area contributed by atoms with Gasteiger partial charge in [-0.3, -0.25) is 4.79 Å². The fourth-order valence-corrected chi connectivity index (χ4v) is 3.26. The molecule has 0 radical (unpaired) electrons. The number of carbonyl (C=O) groups is 1. The first-order chi connectivity index (χ1) is 11.3. The largest absolute Gasteiger partial charge is 0.353 e. The monoisotopic (exact) mass is 325 g/mol. The minimum atomic E-state index is 0.0463. The van der Waals surface area contributed by atoms with Gasteiger partial charge in [0.15, 0.2) is 0 Å². The van der Waals surface area contributed by atoms with Gasteiger partial charge in [-0.1, -0.05) is 39.0 Å². The zero-order valence-electron chi connectivity index (χ0n) is 15.2. The van der Waals surface area contributed by atoms with Crippen LogP contribution in [0.5, 0.6) is 0 Å². The van der Waals surface area contributed by atoms with Crippen molar-refractivity contribution < 1.29 is 4.79 Å². The molecule has 0 unspecified atom stereocenters. The molecule has 4 heteroatoms. The Bertz CT molecular complexity index is 740. The number of aryl methyl sites for hydroxylation is 1. The normalized spacial score (nSPS) is 15.8. The maximum atomic E-state index is 12.4. The van der Waals surface area contributed by atoms with Gasteiger partial charge in [0.2, 0.25) is 5.91 Å². The minimum absolute atomic E-state index is 0.0463. The third-order valence-corrected chi connectivity index (χ3v) is 4.50. The predicted molar refractivity (Wildman–Crippen MR) is 99.3 cm³/mol. The molecule has 24 heavy (non-hydrogen) atoms. The van der Waals surface area contributed by atoms with Gasteiger partial charge in [-0.25, -0.2) is 4.98 Å². The van der Waals surface area contributed by atoms with Crippen molar-refractivity contribution in [3.63, 3.8) is 0 Å². The Balaban J connectivity index is 1.71. The molecule has 128 valence electrons. The predicted octanol–water partition coefficient (Wildman–Crippen LogP) is 3.63. The molecule has 1 aromatic heterocycles. The maximum absolute atomic E-state index is 12.4. The topological polar surface area (TPSA) is 36.4 Å². The van der Waals surface area contributed by atoms with Gasteiger partial charge in [0.05, 0.1) is 5.52 Å². The van der Waals surface area contributed by atoms with Crippen molar-refractivity contribution in [1.82, 2.24) is 9.88 Å². The Kier molecular flexibility index (Phi) is 4.48. The number of rotatable bonds is 2. The van der Waals surface area contributed by atoms with Crippen LogP contribution >= 0.6 is 0 Å². The number of piperazine rings is 1. The van der Waals surface area contributed by atoms with E-state index in [1.165, 1.54) is 10.9 Å². The van der Waals surface area contributed by atoms with Gasteiger partial charge in [-0.2, -0.15) is 0 Å². The standard InChI is InChI=1S/C20H27N3O/c1-15-13-16-7-5-6-8-17(16)21-19(15)23-11-9-22(10-12-23)18(24)14-20(2,3)4/h5-8,13H,9-12,14H2,1-4H3. The first-order valence-corrected chi connectivity index (χ1v) is 8.73. The van der Waals surface area contributed by atoms with E-state index in [9.17, 15) is 4.79 Å². The summed E-state index contributed by atoms with van der Waals surface area (Å²) in [6.07, 6.45) is 0.611. The molecule has 0 bridgehead atoms. The average Bonchev–Trinajstić information content (AvgIpc) is 2.53. The zero-order valence-corrected chi connectivity index (χ0v) is 15.2. The number of amides is 1. The Hall–Kier alpha value is -2.10. The van der Waals surface area contributed by atoms with Crippen LogP contribution in [-0.4, -0.2) is 42.0 Å². The molecule has 0 N–H and O–H groups in total. The summed E-state index contributed by atoms with van der Waals surface area (Å²) in [6.45, 7) is 11.7. The van der Waals surface area contributed by atoms with Crippen LogP contribution in [0.1, 0.15) is 32.8 Å². The molecule has 1 aliphatic rings. The Morgan fingerprint density at radius 2 is 1.79 bits per heavy atom. The summed E-state index contributed by atoms with van der Waals surface area (Å²) < 4.78 is 0. The molecule has 1 amide bonds. The van der Waals surface area contributed by atoms with Crippen molar-refractivity contribution in [3.8, 4) is 0 Å². The molecule has 0 aliphatic carbocycles. The lowest BCUT2D eigenvalue weighted by Crippen LogP contribution is -2.49. The lowest BCUT2D eigenvalue weighted by Gasteiger charge is -2.37. The maximum Gasteiger partial charge on any atom is 0.223 e. The van der Waals surface area contributed by atoms with Crippen LogP contribution in [0.15, 0.2) is 30.3 Å². The van der Waals surface area contributed by atoms with Crippen LogP contribution in [0.2, 0.25) is 0 Å². The van der Waals surface area contributed by atoms with Gasteiger partial charge >= 0.3 is 0 Å². The van der Waals surface area contributed by atoms with Crippen molar-refractivity contribution in [2.45, 2.75) is 34.1 Å². The lowest BCUT2D eigenvalue weighted by atomic mass is 9.91. The first kappa shape index (κ1) is 16.7. The van der Waals surface area contributed by atoms with E-state index in [0.717, 1.165) is 37.5 Å². The Morgan fingerprint density at radius 3 is 2.46 bits per heavy atom. The molecule has 3 rings (SSSR count). The second kappa shape index (κ2) is 6.42. The molecule has 1 aromatic carbocycles. The number of nitrogens with zero attached hydrogens (tertiary/aromatic N) is 3. The van der Waals surface area contributed by atoms with Crippen LogP contribution in [0, 0.1) is 12.3 Å². The van der Waals surface area contributed by atoms with Gasteiger partial charge in [0, 0.05) is 38.0 Å². The quantitative estimate of drug-likeness (QED) is 0.846. The third-order valence-electron chi connectivity index (χ3n) is 4.50. The van der Waals surface area contributed by atoms with E-state index >= 15 is 0 Å². The molecule has 1 saturated heterocycles. The van der Waals surface area contributed by atoms with Crippen LogP contribution in [-0.2, 0) is 4.79 Å². The van der Waals surface area contributed by atoms with Gasteiger partial charge in [-0.15, -0.1) is 0 Å². The van der Waals surface area contributed by atoms with Crippen molar-refractivity contribution in [1.29, 1.82) is 0 Å². The van der Waals surface area contributed by atoms with Crippen molar-refractivity contribution in [2.24, 2.45) is 5.41 Å². The van der Waals surface area contributed by atoms with Crippen LogP contribution in [0.4, 0.5) is 5.82 Å². The number of hydrogen-bond acceptors (Lipinski definition) is 3. The molecule has 4 nitrogen and oxygen atoms in total. The lowest BCUT2D eigenvalue weighted by molar-refractivity contribution is -0.133. The van der Waals surface area contributed by atoms with E-state index in [-0.39, 0.29) is 11.3 Å².